The zero-order valence-corrected chi connectivity index (χ0v) is 15.3. The van der Waals surface area contributed by atoms with E-state index < -0.39 is 0 Å². The van der Waals surface area contributed by atoms with E-state index in [1.165, 1.54) is 32.4 Å². The van der Waals surface area contributed by atoms with Crippen LogP contribution in [0.4, 0.5) is 5.69 Å². The van der Waals surface area contributed by atoms with Gasteiger partial charge in [0, 0.05) is 28.7 Å². The maximum Gasteiger partial charge on any atom is 0.170 e. The minimum absolute atomic E-state index is 0.598. The van der Waals surface area contributed by atoms with E-state index in [4.69, 9.17) is 35.4 Å². The first-order chi connectivity index (χ1) is 10.5. The summed E-state index contributed by atoms with van der Waals surface area (Å²) in [5, 5.41) is 8.17. The third-order valence-electron chi connectivity index (χ3n) is 4.16. The molecule has 0 bridgehead atoms. The third kappa shape index (κ3) is 5.92. The summed E-state index contributed by atoms with van der Waals surface area (Å²) in [6.45, 7) is 5.76. The third-order valence-corrected chi connectivity index (χ3v) is 4.85. The molecule has 1 unspecified atom stereocenters. The van der Waals surface area contributed by atoms with E-state index >= 15 is 0 Å². The molecule has 6 heteroatoms. The molecule has 1 aromatic carbocycles. The molecule has 1 saturated heterocycles. The highest BCUT2D eigenvalue weighted by Gasteiger charge is 2.20. The molecule has 1 aromatic rings. The molecule has 1 aliphatic heterocycles. The molecule has 2 rings (SSSR count). The van der Waals surface area contributed by atoms with Crippen LogP contribution in [0.3, 0.4) is 0 Å². The van der Waals surface area contributed by atoms with Crippen LogP contribution in [0.15, 0.2) is 18.2 Å². The van der Waals surface area contributed by atoms with Crippen molar-refractivity contribution in [3.8, 4) is 0 Å². The number of likely N-dealkylation sites (tertiary alicyclic amines) is 1. The van der Waals surface area contributed by atoms with E-state index in [1.807, 2.05) is 0 Å². The van der Waals surface area contributed by atoms with Crippen molar-refractivity contribution in [1.29, 1.82) is 0 Å². The van der Waals surface area contributed by atoms with Gasteiger partial charge in [-0.15, -0.1) is 0 Å². The highest BCUT2D eigenvalue weighted by molar-refractivity contribution is 7.80. The SMILES string of the molecule is C[C@@H]1CCCC[NH+]1CCCNC(=S)Nc1cc(Cl)cc(Cl)c1. The second-order valence-electron chi connectivity index (χ2n) is 5.95. The monoisotopic (exact) mass is 360 g/mol. The van der Waals surface area contributed by atoms with Crippen LogP contribution in [0.5, 0.6) is 0 Å². The summed E-state index contributed by atoms with van der Waals surface area (Å²) in [5.74, 6) is 0. The molecule has 3 nitrogen and oxygen atoms in total. The van der Waals surface area contributed by atoms with Crippen LogP contribution in [-0.4, -0.2) is 30.8 Å². The van der Waals surface area contributed by atoms with Crippen molar-refractivity contribution in [2.45, 2.75) is 38.6 Å². The fourth-order valence-electron chi connectivity index (χ4n) is 2.94. The van der Waals surface area contributed by atoms with Gasteiger partial charge < -0.3 is 15.5 Å². The second-order valence-corrected chi connectivity index (χ2v) is 7.23. The molecule has 0 amide bonds. The number of piperidine rings is 1. The molecule has 0 saturated carbocycles. The number of hydrogen-bond acceptors (Lipinski definition) is 1. The summed E-state index contributed by atoms with van der Waals surface area (Å²) in [6, 6.07) is 6.11. The molecule has 1 heterocycles. The Bertz CT molecular complexity index is 490. The number of hydrogen-bond donors (Lipinski definition) is 3. The number of anilines is 1. The van der Waals surface area contributed by atoms with E-state index in [2.05, 4.69) is 17.6 Å². The summed E-state index contributed by atoms with van der Waals surface area (Å²) >= 11 is 17.2. The lowest BCUT2D eigenvalue weighted by molar-refractivity contribution is -0.928. The predicted octanol–water partition coefficient (Wildman–Crippen LogP) is 3.13. The predicted molar refractivity (Wildman–Crippen MR) is 99.3 cm³/mol. The van der Waals surface area contributed by atoms with Gasteiger partial charge in [-0.05, 0) is 56.6 Å². The minimum Gasteiger partial charge on any atom is -0.362 e. The van der Waals surface area contributed by atoms with Gasteiger partial charge in [-0.1, -0.05) is 23.2 Å². The summed E-state index contributed by atoms with van der Waals surface area (Å²) in [4.78, 5) is 1.73. The zero-order valence-electron chi connectivity index (χ0n) is 12.9. The fourth-order valence-corrected chi connectivity index (χ4v) is 3.69. The number of thiocarbonyl (C=S) groups is 1. The summed E-state index contributed by atoms with van der Waals surface area (Å²) in [7, 11) is 0. The van der Waals surface area contributed by atoms with Crippen molar-refractivity contribution in [3.63, 3.8) is 0 Å². The molecule has 1 fully saturated rings. The Balaban J connectivity index is 1.67. The molecular weight excluding hydrogens is 337 g/mol. The van der Waals surface area contributed by atoms with Crippen LogP contribution < -0.4 is 15.5 Å². The fraction of sp³-hybridized carbons (Fsp3) is 0.562. The lowest BCUT2D eigenvalue weighted by atomic mass is 10.0. The van der Waals surface area contributed by atoms with Crippen LogP contribution in [-0.2, 0) is 0 Å². The van der Waals surface area contributed by atoms with Gasteiger partial charge in [-0.3, -0.25) is 0 Å². The van der Waals surface area contributed by atoms with Crippen molar-refractivity contribution >= 4 is 46.2 Å². The minimum atomic E-state index is 0.598. The van der Waals surface area contributed by atoms with E-state index in [1.54, 1.807) is 23.1 Å². The van der Waals surface area contributed by atoms with E-state index in [0.29, 0.717) is 15.2 Å². The van der Waals surface area contributed by atoms with Crippen LogP contribution in [0.1, 0.15) is 32.6 Å². The van der Waals surface area contributed by atoms with Crippen molar-refractivity contribution < 1.29 is 4.90 Å². The normalized spacial score (nSPS) is 21.4. The van der Waals surface area contributed by atoms with E-state index in [0.717, 1.165) is 24.7 Å². The summed E-state index contributed by atoms with van der Waals surface area (Å²) in [5.41, 5.74) is 0.810. The van der Waals surface area contributed by atoms with Crippen molar-refractivity contribution in [1.82, 2.24) is 5.32 Å². The standard InChI is InChI=1S/C16H23Cl2N3S/c1-12-5-2-3-7-21(12)8-4-6-19-16(22)20-15-10-13(17)9-14(18)11-15/h9-12H,2-8H2,1H3,(H2,19,20,22)/p+1/t12-/m1/s1. The Kier molecular flexibility index (Phi) is 7.22. The molecule has 1 aliphatic rings. The molecule has 0 radical (unpaired) electrons. The van der Waals surface area contributed by atoms with Gasteiger partial charge in [0.2, 0.25) is 0 Å². The lowest BCUT2D eigenvalue weighted by Crippen LogP contribution is -3.16. The Morgan fingerprint density at radius 2 is 2.00 bits per heavy atom. The van der Waals surface area contributed by atoms with Gasteiger partial charge >= 0.3 is 0 Å². The maximum absolute atomic E-state index is 5.97. The lowest BCUT2D eigenvalue weighted by Gasteiger charge is -2.30. The van der Waals surface area contributed by atoms with E-state index in [-0.39, 0.29) is 0 Å². The van der Waals surface area contributed by atoms with Crippen molar-refractivity contribution in [2.24, 2.45) is 0 Å². The van der Waals surface area contributed by atoms with Crippen LogP contribution in [0, 0.1) is 0 Å². The van der Waals surface area contributed by atoms with Gasteiger partial charge in [-0.25, -0.2) is 0 Å². The van der Waals surface area contributed by atoms with Gasteiger partial charge in [0.1, 0.15) is 0 Å². The zero-order chi connectivity index (χ0) is 15.9. The summed E-state index contributed by atoms with van der Waals surface area (Å²) < 4.78 is 0. The molecule has 122 valence electrons. The Morgan fingerprint density at radius 3 is 2.68 bits per heavy atom. The molecular formula is C16H24Cl2N3S+. The van der Waals surface area contributed by atoms with Crippen molar-refractivity contribution in [2.75, 3.05) is 25.0 Å². The van der Waals surface area contributed by atoms with Gasteiger partial charge in [0.25, 0.3) is 0 Å². The number of rotatable bonds is 5. The van der Waals surface area contributed by atoms with Crippen molar-refractivity contribution in [3.05, 3.63) is 28.2 Å². The second kappa shape index (κ2) is 8.92. The van der Waals surface area contributed by atoms with Gasteiger partial charge in [0.05, 0.1) is 19.1 Å². The smallest absolute Gasteiger partial charge is 0.170 e. The van der Waals surface area contributed by atoms with Crippen LogP contribution in [0.2, 0.25) is 10.0 Å². The first-order valence-electron chi connectivity index (χ1n) is 7.90. The molecule has 0 aliphatic carbocycles. The average molecular weight is 361 g/mol. The number of nitrogens with one attached hydrogen (secondary N) is 3. The van der Waals surface area contributed by atoms with Crippen LogP contribution in [0.25, 0.3) is 0 Å². The number of benzene rings is 1. The molecule has 3 N–H and O–H groups in total. The molecule has 0 spiro atoms. The first kappa shape index (κ1) is 17.8. The van der Waals surface area contributed by atoms with Gasteiger partial charge in [0.15, 0.2) is 5.11 Å². The average Bonchev–Trinajstić information content (AvgIpc) is 2.44. The highest BCUT2D eigenvalue weighted by atomic mass is 35.5. The maximum atomic E-state index is 5.97. The first-order valence-corrected chi connectivity index (χ1v) is 9.06. The molecule has 22 heavy (non-hydrogen) atoms. The van der Waals surface area contributed by atoms with Gasteiger partial charge in [-0.2, -0.15) is 0 Å². The topological polar surface area (TPSA) is 28.5 Å². The molecule has 0 aromatic heterocycles. The Hall–Kier alpha value is -0.550. The largest absolute Gasteiger partial charge is 0.362 e. The molecule has 2 atom stereocenters. The number of quaternary nitrogens is 1. The Labute approximate surface area is 148 Å². The van der Waals surface area contributed by atoms with E-state index in [9.17, 15) is 0 Å². The highest BCUT2D eigenvalue weighted by Crippen LogP contribution is 2.22. The van der Waals surface area contributed by atoms with Crippen LogP contribution >= 0.6 is 35.4 Å². The number of halogens is 2. The quantitative estimate of drug-likeness (QED) is 0.556. The summed E-state index contributed by atoms with van der Waals surface area (Å²) in [6.07, 6.45) is 5.23. The Morgan fingerprint density at radius 1 is 1.27 bits per heavy atom.